The van der Waals surface area contributed by atoms with Gasteiger partial charge in [0.25, 0.3) is 0 Å². The minimum atomic E-state index is -5.13. The first-order valence-electron chi connectivity index (χ1n) is 6.37. The molecule has 2 aliphatic heterocycles. The molecular formula is C7H11N3O6S. The molecule has 2 atom stereocenters. The van der Waals surface area contributed by atoms with Crippen molar-refractivity contribution >= 4 is 22.3 Å². The molecule has 2 rings (SSSR count). The maximum atomic E-state index is 12.0. The average Bonchev–Trinajstić information content (AvgIpc) is 2.52. The molecule has 3 N–H and O–H groups in total. The van der Waals surface area contributed by atoms with Crippen LogP contribution in [0, 0.1) is 0 Å². The summed E-state index contributed by atoms with van der Waals surface area (Å²) >= 11 is 0. The van der Waals surface area contributed by atoms with Crippen LogP contribution in [0.4, 0.5) is 4.79 Å². The lowest BCUT2D eigenvalue weighted by Gasteiger charge is -2.27. The van der Waals surface area contributed by atoms with Gasteiger partial charge in [0.1, 0.15) is 6.04 Å². The third-order valence-electron chi connectivity index (χ3n) is 2.23. The fourth-order valence-corrected chi connectivity index (χ4v) is 1.95. The van der Waals surface area contributed by atoms with E-state index in [1.54, 1.807) is 0 Å². The molecule has 3 amide bonds. The summed E-state index contributed by atoms with van der Waals surface area (Å²) in [6.45, 7) is -0.519. The quantitative estimate of drug-likeness (QED) is 0.598. The number of urea groups is 1. The largest absolute Gasteiger partial charge is 0.418 e. The van der Waals surface area contributed by atoms with Crippen molar-refractivity contribution in [3.63, 3.8) is 0 Å². The highest BCUT2D eigenvalue weighted by Gasteiger charge is 2.48. The van der Waals surface area contributed by atoms with Gasteiger partial charge in [0.05, 0.1) is 6.04 Å². The molecule has 96 valence electrons. The van der Waals surface area contributed by atoms with Crippen molar-refractivity contribution in [2.75, 3.05) is 6.54 Å². The summed E-state index contributed by atoms with van der Waals surface area (Å²) in [7, 11) is -5.13. The summed E-state index contributed by atoms with van der Waals surface area (Å²) in [5.74, 6) is -1.29. The molecule has 2 saturated heterocycles. The van der Waals surface area contributed by atoms with Gasteiger partial charge in [0.2, 0.25) is 5.91 Å². The van der Waals surface area contributed by atoms with Crippen LogP contribution >= 0.6 is 0 Å². The number of fused-ring (bicyclic) bond motifs is 2. The highest BCUT2D eigenvalue weighted by molar-refractivity contribution is 7.80. The first kappa shape index (κ1) is 7.84. The van der Waals surface area contributed by atoms with Gasteiger partial charge in [-0.05, 0) is 12.7 Å². The van der Waals surface area contributed by atoms with Crippen LogP contribution in [0.2, 0.25) is 0 Å². The Morgan fingerprint density at radius 3 is 2.76 bits per heavy atom. The normalized spacial score (nSPS) is 38.1. The predicted molar refractivity (Wildman–Crippen MR) is 52.6 cm³/mol. The van der Waals surface area contributed by atoms with Crippen LogP contribution in [-0.2, 0) is 19.5 Å². The highest BCUT2D eigenvalue weighted by Crippen LogP contribution is 2.30. The summed E-state index contributed by atoms with van der Waals surface area (Å²) in [5, 5.41) is -0.00387. The minimum Gasteiger partial charge on any atom is -0.368 e. The molecule has 0 aromatic rings. The van der Waals surface area contributed by atoms with Crippen molar-refractivity contribution < 1.29 is 32.3 Å². The second-order valence-corrected chi connectivity index (χ2v) is 4.38. The molecule has 0 saturated carbocycles. The Morgan fingerprint density at radius 2 is 2.24 bits per heavy atom. The third kappa shape index (κ3) is 2.18. The number of primary amides is 1. The van der Waals surface area contributed by atoms with Crippen LogP contribution < -0.4 is 5.73 Å². The zero-order chi connectivity index (χ0) is 16.4. The number of rotatable bonds is 3. The number of nitrogens with zero attached hydrogens (tertiary/aromatic N) is 2. The lowest BCUT2D eigenvalue weighted by molar-refractivity contribution is -0.122. The van der Waals surface area contributed by atoms with E-state index >= 15 is 0 Å². The first-order valence-corrected chi connectivity index (χ1v) is 5.73. The number of hydroxylamine groups is 2. The number of piperidine rings is 1. The predicted octanol–water partition coefficient (Wildman–Crippen LogP) is -1.53. The second kappa shape index (κ2) is 3.82. The SMILES string of the molecule is [2H]C1([2H])[C@@H](C(N)=O)N2C[C@@H](N(OS(=O)(=O)O)C2=O)C1([2H])[2H]. The van der Waals surface area contributed by atoms with Gasteiger partial charge in [-0.25, -0.2) is 4.79 Å². The van der Waals surface area contributed by atoms with Crippen molar-refractivity contribution in [1.29, 1.82) is 0 Å². The molecule has 0 aliphatic carbocycles. The maximum Gasteiger partial charge on any atom is 0.418 e. The molecule has 10 heteroatoms. The van der Waals surface area contributed by atoms with Crippen LogP contribution in [0.1, 0.15) is 18.2 Å². The van der Waals surface area contributed by atoms with E-state index in [1.807, 2.05) is 0 Å². The number of hydrogen-bond acceptors (Lipinski definition) is 5. The van der Waals surface area contributed by atoms with E-state index in [1.165, 1.54) is 0 Å². The van der Waals surface area contributed by atoms with E-state index in [4.69, 9.17) is 15.8 Å². The molecule has 0 aromatic carbocycles. The van der Waals surface area contributed by atoms with Gasteiger partial charge in [-0.15, -0.1) is 4.28 Å². The summed E-state index contributed by atoms with van der Waals surface area (Å²) in [6, 6.07) is -4.91. The zero-order valence-corrected chi connectivity index (χ0v) is 9.05. The van der Waals surface area contributed by atoms with Crippen LogP contribution in [0.5, 0.6) is 0 Å². The summed E-state index contributed by atoms with van der Waals surface area (Å²) in [5.41, 5.74) is 5.02. The van der Waals surface area contributed by atoms with Crippen molar-refractivity contribution in [2.45, 2.75) is 24.8 Å². The van der Waals surface area contributed by atoms with E-state index in [2.05, 4.69) is 4.28 Å². The van der Waals surface area contributed by atoms with E-state index < -0.39 is 53.7 Å². The van der Waals surface area contributed by atoms with Crippen LogP contribution in [0.25, 0.3) is 0 Å². The topological polar surface area (TPSA) is 130 Å². The molecule has 2 heterocycles. The minimum absolute atomic E-state index is 0.00387. The number of carbonyl (C=O) groups excluding carboxylic acids is 2. The summed E-state index contributed by atoms with van der Waals surface area (Å²) in [6.07, 6.45) is -5.73. The Balaban J connectivity index is 2.53. The van der Waals surface area contributed by atoms with Crippen molar-refractivity contribution in [3.8, 4) is 0 Å². The van der Waals surface area contributed by atoms with E-state index in [-0.39, 0.29) is 5.06 Å². The number of nitrogens with two attached hydrogens (primary N) is 1. The van der Waals surface area contributed by atoms with Gasteiger partial charge in [0, 0.05) is 12.0 Å². The Hall–Kier alpha value is -1.39. The molecule has 0 radical (unpaired) electrons. The molecule has 0 unspecified atom stereocenters. The molecule has 0 spiro atoms. The summed E-state index contributed by atoms with van der Waals surface area (Å²) in [4.78, 5) is 23.9. The fourth-order valence-electron chi connectivity index (χ4n) is 1.58. The Labute approximate surface area is 103 Å². The highest BCUT2D eigenvalue weighted by atomic mass is 32.3. The van der Waals surface area contributed by atoms with E-state index in [0.29, 0.717) is 4.90 Å². The van der Waals surface area contributed by atoms with Gasteiger partial charge in [-0.2, -0.15) is 13.5 Å². The van der Waals surface area contributed by atoms with Gasteiger partial charge < -0.3 is 10.6 Å². The average molecular weight is 269 g/mol. The molecule has 2 bridgehead atoms. The van der Waals surface area contributed by atoms with Crippen LogP contribution in [0.15, 0.2) is 0 Å². The van der Waals surface area contributed by atoms with Gasteiger partial charge in [0.15, 0.2) is 0 Å². The number of carbonyl (C=O) groups is 2. The zero-order valence-electron chi connectivity index (χ0n) is 12.2. The standard InChI is InChI=1S/C7H11N3O6S/c8-6(11)5-2-1-4-3-9(5)7(12)10(4)16-17(13,14)15/h4-5H,1-3H2,(H2,8,11)(H,13,14,15)/t4-,5-/m0/s1/i1D2,2D2. The van der Waals surface area contributed by atoms with Crippen molar-refractivity contribution in [2.24, 2.45) is 5.73 Å². The molecule has 17 heavy (non-hydrogen) atoms. The van der Waals surface area contributed by atoms with Gasteiger partial charge >= 0.3 is 16.4 Å². The lowest BCUT2D eigenvalue weighted by atomic mass is 10.0. The second-order valence-electron chi connectivity index (χ2n) is 3.37. The Kier molecular flexibility index (Phi) is 1.76. The Bertz CT molecular complexity index is 609. The fraction of sp³-hybridized carbons (Fsp3) is 0.714. The number of hydrogen-bond donors (Lipinski definition) is 2. The Morgan fingerprint density at radius 1 is 1.59 bits per heavy atom. The lowest BCUT2D eigenvalue weighted by Crippen LogP contribution is -2.47. The van der Waals surface area contributed by atoms with Crippen LogP contribution in [-0.4, -0.2) is 53.5 Å². The van der Waals surface area contributed by atoms with Gasteiger partial charge in [-0.3, -0.25) is 9.35 Å². The summed E-state index contributed by atoms with van der Waals surface area (Å²) < 4.78 is 65.1. The third-order valence-corrected chi connectivity index (χ3v) is 2.58. The smallest absolute Gasteiger partial charge is 0.368 e. The van der Waals surface area contributed by atoms with Crippen LogP contribution in [0.3, 0.4) is 0 Å². The molecule has 2 aliphatic rings. The van der Waals surface area contributed by atoms with Crippen molar-refractivity contribution in [1.82, 2.24) is 9.96 Å². The monoisotopic (exact) mass is 269 g/mol. The molecular weight excluding hydrogens is 254 g/mol. The first-order chi connectivity index (χ1) is 9.30. The van der Waals surface area contributed by atoms with Gasteiger partial charge in [-0.1, -0.05) is 0 Å². The van der Waals surface area contributed by atoms with Crippen molar-refractivity contribution in [3.05, 3.63) is 0 Å². The molecule has 2 fully saturated rings. The van der Waals surface area contributed by atoms with E-state index in [0.717, 1.165) is 0 Å². The number of amides is 3. The molecule has 9 nitrogen and oxygen atoms in total. The van der Waals surface area contributed by atoms with E-state index in [9.17, 15) is 18.0 Å². The molecule has 0 aromatic heterocycles. The maximum absolute atomic E-state index is 12.0.